The Balaban J connectivity index is 1.42. The number of nitrogens with one attached hydrogen (secondary N) is 2. The molecule has 4 rings (SSSR count). The number of benzene rings is 2. The van der Waals surface area contributed by atoms with Crippen LogP contribution in [0.1, 0.15) is 16.8 Å². The van der Waals surface area contributed by atoms with E-state index < -0.39 is 5.91 Å². The standard InChI is InChI=1S/C23H19N3O4/c27-22(12-14-29-16-7-2-1-3-8-16)25-26-23(28)18-15-20(21-11-6-13-30-21)24-19-10-5-4-9-17(18)19/h1-11,13,15H,12,14H2,(H,25,27)(H,26,28). The van der Waals surface area contributed by atoms with Crippen LogP contribution in [-0.4, -0.2) is 23.4 Å². The molecule has 30 heavy (non-hydrogen) atoms. The molecule has 0 saturated heterocycles. The summed E-state index contributed by atoms with van der Waals surface area (Å²) in [6.07, 6.45) is 1.65. The predicted molar refractivity (Wildman–Crippen MR) is 112 cm³/mol. The lowest BCUT2D eigenvalue weighted by molar-refractivity contribution is -0.122. The highest BCUT2D eigenvalue weighted by Gasteiger charge is 2.15. The van der Waals surface area contributed by atoms with Gasteiger partial charge in [-0.15, -0.1) is 0 Å². The Kier molecular flexibility index (Phi) is 5.70. The van der Waals surface area contributed by atoms with E-state index in [1.165, 1.54) is 0 Å². The van der Waals surface area contributed by atoms with Gasteiger partial charge in [0.25, 0.3) is 5.91 Å². The number of carbonyl (C=O) groups excluding carboxylic acids is 2. The Labute approximate surface area is 172 Å². The molecule has 0 saturated carbocycles. The van der Waals surface area contributed by atoms with Crippen molar-refractivity contribution in [1.29, 1.82) is 0 Å². The van der Waals surface area contributed by atoms with Gasteiger partial charge in [0.15, 0.2) is 5.76 Å². The van der Waals surface area contributed by atoms with E-state index in [-0.39, 0.29) is 18.9 Å². The fourth-order valence-corrected chi connectivity index (χ4v) is 2.95. The summed E-state index contributed by atoms with van der Waals surface area (Å²) in [6, 6.07) is 21.7. The molecule has 0 unspecified atom stereocenters. The van der Waals surface area contributed by atoms with E-state index in [2.05, 4.69) is 15.8 Å². The van der Waals surface area contributed by atoms with Gasteiger partial charge in [-0.3, -0.25) is 20.4 Å². The second-order valence-corrected chi connectivity index (χ2v) is 6.46. The number of fused-ring (bicyclic) bond motifs is 1. The molecule has 0 aliphatic heterocycles. The van der Waals surface area contributed by atoms with Crippen molar-refractivity contribution in [2.45, 2.75) is 6.42 Å². The van der Waals surface area contributed by atoms with Crippen LogP contribution in [0, 0.1) is 0 Å². The Morgan fingerprint density at radius 1 is 0.933 bits per heavy atom. The zero-order chi connectivity index (χ0) is 20.8. The molecular formula is C23H19N3O4. The van der Waals surface area contributed by atoms with Crippen LogP contribution >= 0.6 is 0 Å². The molecule has 0 radical (unpaired) electrons. The predicted octanol–water partition coefficient (Wildman–Crippen LogP) is 3.72. The second kappa shape index (κ2) is 8.91. The Morgan fingerprint density at radius 3 is 2.53 bits per heavy atom. The average Bonchev–Trinajstić information content (AvgIpc) is 3.32. The first-order valence-electron chi connectivity index (χ1n) is 9.41. The Bertz CT molecular complexity index is 1160. The van der Waals surface area contributed by atoms with E-state index in [0.717, 1.165) is 0 Å². The molecule has 2 aromatic heterocycles. The molecule has 2 heterocycles. The van der Waals surface area contributed by atoms with Crippen LogP contribution in [0.2, 0.25) is 0 Å². The third-order valence-electron chi connectivity index (χ3n) is 4.39. The normalized spacial score (nSPS) is 10.5. The lowest BCUT2D eigenvalue weighted by atomic mass is 10.1. The highest BCUT2D eigenvalue weighted by atomic mass is 16.5. The second-order valence-electron chi connectivity index (χ2n) is 6.46. The molecule has 2 N–H and O–H groups in total. The van der Waals surface area contributed by atoms with Crippen molar-refractivity contribution >= 4 is 22.7 Å². The molecule has 0 spiro atoms. The van der Waals surface area contributed by atoms with Crippen molar-refractivity contribution in [1.82, 2.24) is 15.8 Å². The Hall–Kier alpha value is -4.13. The molecule has 7 heteroatoms. The van der Waals surface area contributed by atoms with Crippen molar-refractivity contribution in [3.05, 3.63) is 84.6 Å². The van der Waals surface area contributed by atoms with E-state index in [1.54, 1.807) is 30.5 Å². The zero-order valence-corrected chi connectivity index (χ0v) is 16.0. The summed E-state index contributed by atoms with van der Waals surface area (Å²) >= 11 is 0. The van der Waals surface area contributed by atoms with Crippen LogP contribution in [0.15, 0.2) is 83.5 Å². The summed E-state index contributed by atoms with van der Waals surface area (Å²) < 4.78 is 10.9. The first-order chi connectivity index (χ1) is 14.7. The number of ether oxygens (including phenoxy) is 1. The van der Waals surface area contributed by atoms with Crippen molar-refractivity contribution in [2.24, 2.45) is 0 Å². The highest BCUT2D eigenvalue weighted by Crippen LogP contribution is 2.25. The minimum absolute atomic E-state index is 0.101. The maximum atomic E-state index is 12.8. The first kappa shape index (κ1) is 19.2. The van der Waals surface area contributed by atoms with Crippen molar-refractivity contribution < 1.29 is 18.7 Å². The smallest absolute Gasteiger partial charge is 0.270 e. The quantitative estimate of drug-likeness (QED) is 0.480. The molecular weight excluding hydrogens is 382 g/mol. The number of furan rings is 1. The molecule has 150 valence electrons. The van der Waals surface area contributed by atoms with Crippen molar-refractivity contribution in [2.75, 3.05) is 6.61 Å². The van der Waals surface area contributed by atoms with Gasteiger partial charge < -0.3 is 9.15 Å². The zero-order valence-electron chi connectivity index (χ0n) is 16.0. The third kappa shape index (κ3) is 4.47. The van der Waals surface area contributed by atoms with Gasteiger partial charge in [-0.1, -0.05) is 36.4 Å². The van der Waals surface area contributed by atoms with E-state index in [9.17, 15) is 9.59 Å². The van der Waals surface area contributed by atoms with Crippen LogP contribution in [0.5, 0.6) is 5.75 Å². The van der Waals surface area contributed by atoms with E-state index in [4.69, 9.17) is 9.15 Å². The summed E-state index contributed by atoms with van der Waals surface area (Å²) in [7, 11) is 0. The molecule has 2 aromatic carbocycles. The third-order valence-corrected chi connectivity index (χ3v) is 4.39. The molecule has 0 atom stereocenters. The fourth-order valence-electron chi connectivity index (χ4n) is 2.95. The molecule has 4 aromatic rings. The van der Waals surface area contributed by atoms with Gasteiger partial charge in [0.05, 0.1) is 30.4 Å². The van der Waals surface area contributed by atoms with Crippen LogP contribution in [0.3, 0.4) is 0 Å². The number of aromatic nitrogens is 1. The van der Waals surface area contributed by atoms with Crippen LogP contribution < -0.4 is 15.6 Å². The number of rotatable bonds is 6. The number of hydrogen-bond donors (Lipinski definition) is 2. The molecule has 0 aliphatic carbocycles. The molecule has 0 aliphatic rings. The van der Waals surface area contributed by atoms with E-state index in [1.807, 2.05) is 48.5 Å². The number of nitrogens with zero attached hydrogens (tertiary/aromatic N) is 1. The van der Waals surface area contributed by atoms with Gasteiger partial charge in [0, 0.05) is 5.39 Å². The summed E-state index contributed by atoms with van der Waals surface area (Å²) in [5, 5.41) is 0.673. The lowest BCUT2D eigenvalue weighted by Crippen LogP contribution is -2.42. The van der Waals surface area contributed by atoms with E-state index in [0.29, 0.717) is 33.7 Å². The highest BCUT2D eigenvalue weighted by molar-refractivity contribution is 6.07. The minimum Gasteiger partial charge on any atom is -0.493 e. The maximum absolute atomic E-state index is 12.8. The summed E-state index contributed by atoms with van der Waals surface area (Å²) in [5.41, 5.74) is 6.45. The number of para-hydroxylation sites is 2. The number of carbonyl (C=O) groups is 2. The van der Waals surface area contributed by atoms with Gasteiger partial charge in [-0.25, -0.2) is 4.98 Å². The summed E-state index contributed by atoms with van der Waals surface area (Å²) in [5.74, 6) is 0.433. The maximum Gasteiger partial charge on any atom is 0.270 e. The number of pyridine rings is 1. The first-order valence-corrected chi connectivity index (χ1v) is 9.41. The van der Waals surface area contributed by atoms with Gasteiger partial charge in [0.1, 0.15) is 11.4 Å². The van der Waals surface area contributed by atoms with E-state index >= 15 is 0 Å². The number of amides is 2. The average molecular weight is 401 g/mol. The fraction of sp³-hybridized carbons (Fsp3) is 0.0870. The molecule has 0 bridgehead atoms. The van der Waals surface area contributed by atoms with Crippen molar-refractivity contribution in [3.63, 3.8) is 0 Å². The largest absolute Gasteiger partial charge is 0.493 e. The molecule has 2 amide bonds. The topological polar surface area (TPSA) is 93.5 Å². The number of hydrazine groups is 1. The summed E-state index contributed by atoms with van der Waals surface area (Å²) in [4.78, 5) is 29.4. The minimum atomic E-state index is -0.446. The van der Waals surface area contributed by atoms with Gasteiger partial charge in [-0.05, 0) is 36.4 Å². The summed E-state index contributed by atoms with van der Waals surface area (Å²) in [6.45, 7) is 0.201. The van der Waals surface area contributed by atoms with Crippen LogP contribution in [0.4, 0.5) is 0 Å². The molecule has 0 fully saturated rings. The van der Waals surface area contributed by atoms with Gasteiger partial charge in [0.2, 0.25) is 5.91 Å². The van der Waals surface area contributed by atoms with Crippen LogP contribution in [0.25, 0.3) is 22.4 Å². The monoisotopic (exact) mass is 401 g/mol. The van der Waals surface area contributed by atoms with Gasteiger partial charge in [-0.2, -0.15) is 0 Å². The SMILES string of the molecule is O=C(CCOc1ccccc1)NNC(=O)c1cc(-c2ccco2)nc2ccccc12. The van der Waals surface area contributed by atoms with Crippen molar-refractivity contribution in [3.8, 4) is 17.2 Å². The molecule has 7 nitrogen and oxygen atoms in total. The number of hydrogen-bond acceptors (Lipinski definition) is 5. The van der Waals surface area contributed by atoms with Gasteiger partial charge >= 0.3 is 0 Å². The Morgan fingerprint density at radius 2 is 1.73 bits per heavy atom. The van der Waals surface area contributed by atoms with Crippen LogP contribution in [-0.2, 0) is 4.79 Å². The lowest BCUT2D eigenvalue weighted by Gasteiger charge is -2.11.